The summed E-state index contributed by atoms with van der Waals surface area (Å²) >= 11 is 0. The Balaban J connectivity index is 1.68. The second-order valence-corrected chi connectivity index (χ2v) is 5.99. The molecule has 0 unspecified atom stereocenters. The van der Waals surface area contributed by atoms with Crippen molar-refractivity contribution >= 4 is 23.5 Å². The first-order valence-electron chi connectivity index (χ1n) is 8.41. The molecule has 136 valence electrons. The number of hydrogen-bond acceptors (Lipinski definition) is 7. The fourth-order valence-corrected chi connectivity index (χ4v) is 2.81. The van der Waals surface area contributed by atoms with Gasteiger partial charge in [-0.2, -0.15) is 0 Å². The number of carbonyl (C=O) groups excluding carboxylic acids is 2. The summed E-state index contributed by atoms with van der Waals surface area (Å²) < 4.78 is 5.38. The second-order valence-electron chi connectivity index (χ2n) is 5.99. The number of nitrogens with one attached hydrogen (secondary N) is 2. The van der Waals surface area contributed by atoms with Crippen LogP contribution in [-0.4, -0.2) is 34.4 Å². The summed E-state index contributed by atoms with van der Waals surface area (Å²) in [5.41, 5.74) is 7.82. The number of aryl methyl sites for hydroxylation is 2. The fourth-order valence-electron chi connectivity index (χ4n) is 2.81. The van der Waals surface area contributed by atoms with E-state index < -0.39 is 6.04 Å². The second kappa shape index (κ2) is 7.49. The summed E-state index contributed by atoms with van der Waals surface area (Å²) in [5, 5.41) is 0. The van der Waals surface area contributed by atoms with Gasteiger partial charge in [-0.3, -0.25) is 15.0 Å². The average molecular weight is 355 g/mol. The smallest absolute Gasteiger partial charge is 0.253 e. The van der Waals surface area contributed by atoms with Crippen molar-refractivity contribution in [3.05, 3.63) is 41.7 Å². The van der Waals surface area contributed by atoms with Crippen LogP contribution in [0.3, 0.4) is 0 Å². The highest BCUT2D eigenvalue weighted by molar-refractivity contribution is 6.22. The lowest BCUT2D eigenvalue weighted by Crippen LogP contribution is -2.41. The first-order chi connectivity index (χ1) is 12.5. The van der Waals surface area contributed by atoms with E-state index in [1.165, 1.54) is 4.90 Å². The molecule has 1 fully saturated rings. The van der Waals surface area contributed by atoms with E-state index in [0.717, 1.165) is 11.4 Å². The van der Waals surface area contributed by atoms with Crippen molar-refractivity contribution in [1.82, 2.24) is 15.4 Å². The molecule has 0 bridgehead atoms. The number of amides is 2. The van der Waals surface area contributed by atoms with Crippen LogP contribution in [0.15, 0.2) is 30.3 Å². The number of ether oxygens (including phenoxy) is 1. The van der Waals surface area contributed by atoms with E-state index in [2.05, 4.69) is 20.8 Å². The number of hydrazine groups is 1. The molecule has 0 radical (unpaired) electrons. The molecule has 1 aromatic carbocycles. The predicted molar refractivity (Wildman–Crippen MR) is 96.8 cm³/mol. The molecule has 8 nitrogen and oxygen atoms in total. The standard InChI is InChI=1S/C18H21N5O3/c1-4-26-14-7-5-13(6-8-14)23-16(24)10-15(17(23)25)21-22-18-19-11(2)9-12(3)20-18/h5-9,15,21H,4,10H2,1-3H3,(H,19,20,22)/t15-/m0/s1. The van der Waals surface area contributed by atoms with Gasteiger partial charge in [0.1, 0.15) is 11.8 Å². The van der Waals surface area contributed by atoms with Gasteiger partial charge >= 0.3 is 0 Å². The maximum Gasteiger partial charge on any atom is 0.253 e. The Bertz CT molecular complexity index is 802. The minimum absolute atomic E-state index is 0.0594. The van der Waals surface area contributed by atoms with Gasteiger partial charge in [-0.05, 0) is 51.1 Å². The molecule has 8 heteroatoms. The summed E-state index contributed by atoms with van der Waals surface area (Å²) in [6, 6.07) is 8.04. The monoisotopic (exact) mass is 355 g/mol. The topological polar surface area (TPSA) is 96.5 Å². The van der Waals surface area contributed by atoms with Gasteiger partial charge in [0.05, 0.1) is 18.7 Å². The van der Waals surface area contributed by atoms with E-state index in [0.29, 0.717) is 24.0 Å². The largest absolute Gasteiger partial charge is 0.494 e. The Morgan fingerprint density at radius 1 is 1.15 bits per heavy atom. The predicted octanol–water partition coefficient (Wildman–Crippen LogP) is 1.74. The molecule has 2 amide bonds. The number of nitrogens with zero attached hydrogens (tertiary/aromatic N) is 3. The lowest BCUT2D eigenvalue weighted by atomic mass is 10.2. The van der Waals surface area contributed by atoms with Crippen LogP contribution in [0.1, 0.15) is 24.7 Å². The molecule has 1 atom stereocenters. The van der Waals surface area contributed by atoms with E-state index in [-0.39, 0.29) is 18.2 Å². The number of anilines is 2. The van der Waals surface area contributed by atoms with Crippen LogP contribution in [0, 0.1) is 13.8 Å². The van der Waals surface area contributed by atoms with Crippen LogP contribution < -0.4 is 20.5 Å². The number of rotatable bonds is 6. The SMILES string of the molecule is CCOc1ccc(N2C(=O)C[C@H](NNc3nc(C)cc(C)n3)C2=O)cc1. The van der Waals surface area contributed by atoms with Crippen molar-refractivity contribution in [3.63, 3.8) is 0 Å². The zero-order valence-corrected chi connectivity index (χ0v) is 14.9. The average Bonchev–Trinajstić information content (AvgIpc) is 2.87. The van der Waals surface area contributed by atoms with Crippen molar-refractivity contribution in [2.24, 2.45) is 0 Å². The summed E-state index contributed by atoms with van der Waals surface area (Å²) in [4.78, 5) is 34.6. The number of carbonyl (C=O) groups is 2. The Kier molecular flexibility index (Phi) is 5.13. The van der Waals surface area contributed by atoms with Crippen molar-refractivity contribution in [1.29, 1.82) is 0 Å². The third kappa shape index (κ3) is 3.80. The normalized spacial score (nSPS) is 16.9. The summed E-state index contributed by atoms with van der Waals surface area (Å²) in [6.07, 6.45) is 0.0594. The first kappa shape index (κ1) is 17.8. The van der Waals surface area contributed by atoms with Crippen LogP contribution in [0.4, 0.5) is 11.6 Å². The minimum Gasteiger partial charge on any atom is -0.494 e. The number of benzene rings is 1. The van der Waals surface area contributed by atoms with Crippen LogP contribution in [-0.2, 0) is 9.59 Å². The Labute approximate surface area is 151 Å². The third-order valence-electron chi connectivity index (χ3n) is 3.89. The molecule has 2 heterocycles. The van der Waals surface area contributed by atoms with Crippen LogP contribution >= 0.6 is 0 Å². The quantitative estimate of drug-likeness (QED) is 0.602. The molecule has 1 aliphatic rings. The van der Waals surface area contributed by atoms with Gasteiger partial charge in [0, 0.05) is 11.4 Å². The summed E-state index contributed by atoms with van der Waals surface area (Å²) in [5.74, 6) is 0.469. The summed E-state index contributed by atoms with van der Waals surface area (Å²) in [7, 11) is 0. The zero-order valence-electron chi connectivity index (χ0n) is 14.9. The molecular weight excluding hydrogens is 334 g/mol. The summed E-state index contributed by atoms with van der Waals surface area (Å²) in [6.45, 7) is 6.17. The van der Waals surface area contributed by atoms with E-state index in [1.54, 1.807) is 24.3 Å². The molecular formula is C18H21N5O3. The zero-order chi connectivity index (χ0) is 18.7. The number of hydrogen-bond donors (Lipinski definition) is 2. The van der Waals surface area contributed by atoms with Crippen molar-refractivity contribution in [2.75, 3.05) is 16.9 Å². The van der Waals surface area contributed by atoms with E-state index in [9.17, 15) is 9.59 Å². The third-order valence-corrected chi connectivity index (χ3v) is 3.89. The van der Waals surface area contributed by atoms with Crippen LogP contribution in [0.5, 0.6) is 5.75 Å². The minimum atomic E-state index is -0.682. The number of imide groups is 1. The highest BCUT2D eigenvalue weighted by Gasteiger charge is 2.39. The van der Waals surface area contributed by atoms with Gasteiger partial charge in [0.25, 0.3) is 5.91 Å². The van der Waals surface area contributed by atoms with Gasteiger partial charge in [-0.1, -0.05) is 0 Å². The molecule has 0 saturated carbocycles. The molecule has 0 spiro atoms. The van der Waals surface area contributed by atoms with Crippen LogP contribution in [0.2, 0.25) is 0 Å². The Morgan fingerprint density at radius 2 is 1.81 bits per heavy atom. The highest BCUT2D eigenvalue weighted by atomic mass is 16.5. The molecule has 26 heavy (non-hydrogen) atoms. The van der Waals surface area contributed by atoms with E-state index in [4.69, 9.17) is 4.74 Å². The van der Waals surface area contributed by atoms with Crippen molar-refractivity contribution in [2.45, 2.75) is 33.2 Å². The molecule has 2 N–H and O–H groups in total. The van der Waals surface area contributed by atoms with E-state index in [1.807, 2.05) is 26.8 Å². The Hall–Kier alpha value is -3.00. The highest BCUT2D eigenvalue weighted by Crippen LogP contribution is 2.25. The lowest BCUT2D eigenvalue weighted by molar-refractivity contribution is -0.121. The fraction of sp³-hybridized carbons (Fsp3) is 0.333. The van der Waals surface area contributed by atoms with Crippen molar-refractivity contribution < 1.29 is 14.3 Å². The van der Waals surface area contributed by atoms with Gasteiger partial charge in [0.2, 0.25) is 11.9 Å². The number of aromatic nitrogens is 2. The first-order valence-corrected chi connectivity index (χ1v) is 8.41. The van der Waals surface area contributed by atoms with Crippen molar-refractivity contribution in [3.8, 4) is 5.75 Å². The maximum atomic E-state index is 12.6. The van der Waals surface area contributed by atoms with Gasteiger partial charge in [-0.15, -0.1) is 0 Å². The molecule has 1 saturated heterocycles. The van der Waals surface area contributed by atoms with Crippen LogP contribution in [0.25, 0.3) is 0 Å². The van der Waals surface area contributed by atoms with Gasteiger partial charge in [0.15, 0.2) is 0 Å². The molecule has 0 aliphatic carbocycles. The molecule has 1 aromatic heterocycles. The molecule has 1 aliphatic heterocycles. The molecule has 3 rings (SSSR count). The lowest BCUT2D eigenvalue weighted by Gasteiger charge is -2.16. The molecule has 2 aromatic rings. The van der Waals surface area contributed by atoms with E-state index >= 15 is 0 Å². The Morgan fingerprint density at radius 3 is 2.42 bits per heavy atom. The maximum absolute atomic E-state index is 12.6. The van der Waals surface area contributed by atoms with Gasteiger partial charge in [-0.25, -0.2) is 20.3 Å². The van der Waals surface area contributed by atoms with Gasteiger partial charge < -0.3 is 4.74 Å².